The van der Waals surface area contributed by atoms with E-state index in [4.69, 9.17) is 4.74 Å². The second-order valence-corrected chi connectivity index (χ2v) is 6.00. The first-order chi connectivity index (χ1) is 9.58. The largest absolute Gasteiger partial charge is 0.452 e. The predicted octanol–water partition coefficient (Wildman–Crippen LogP) is 2.86. The highest BCUT2D eigenvalue weighted by atomic mass is 79.9. The normalized spacial score (nSPS) is 18.7. The first-order valence-corrected chi connectivity index (χ1v) is 7.56. The van der Waals surface area contributed by atoms with Gasteiger partial charge in [0.15, 0.2) is 6.61 Å². The molecule has 20 heavy (non-hydrogen) atoms. The van der Waals surface area contributed by atoms with Crippen molar-refractivity contribution in [3.8, 4) is 0 Å². The number of carbonyl (C=O) groups excluding carboxylic acids is 2. The molecule has 1 saturated heterocycles. The average Bonchev–Trinajstić information content (AvgIpc) is 2.45. The summed E-state index contributed by atoms with van der Waals surface area (Å²) in [6.07, 6.45) is 2.17. The number of rotatable bonds is 3. The topological polar surface area (TPSA) is 46.6 Å². The number of carbonyl (C=O) groups is 2. The number of hydrogen-bond donors (Lipinski definition) is 0. The van der Waals surface area contributed by atoms with Crippen molar-refractivity contribution in [2.24, 2.45) is 5.92 Å². The van der Waals surface area contributed by atoms with E-state index in [1.807, 2.05) is 6.07 Å². The lowest BCUT2D eigenvalue weighted by Gasteiger charge is -2.30. The van der Waals surface area contributed by atoms with Gasteiger partial charge in [-0.15, -0.1) is 0 Å². The van der Waals surface area contributed by atoms with Crippen LogP contribution in [-0.4, -0.2) is 36.5 Å². The van der Waals surface area contributed by atoms with Crippen LogP contribution < -0.4 is 0 Å². The zero-order chi connectivity index (χ0) is 14.5. The van der Waals surface area contributed by atoms with Crippen molar-refractivity contribution in [1.82, 2.24) is 4.90 Å². The van der Waals surface area contributed by atoms with Gasteiger partial charge in [-0.3, -0.25) is 4.79 Å². The van der Waals surface area contributed by atoms with E-state index in [9.17, 15) is 9.59 Å². The number of halogens is 1. The maximum Gasteiger partial charge on any atom is 0.339 e. The lowest BCUT2D eigenvalue weighted by atomic mass is 10.0. The van der Waals surface area contributed by atoms with Gasteiger partial charge in [0.05, 0.1) is 5.56 Å². The number of amides is 1. The molecule has 0 N–H and O–H groups in total. The van der Waals surface area contributed by atoms with E-state index in [2.05, 4.69) is 22.9 Å². The first kappa shape index (κ1) is 15.0. The average molecular weight is 340 g/mol. The number of esters is 1. The summed E-state index contributed by atoms with van der Waals surface area (Å²) < 4.78 is 5.77. The van der Waals surface area contributed by atoms with Gasteiger partial charge in [0.25, 0.3) is 5.91 Å². The van der Waals surface area contributed by atoms with Crippen LogP contribution in [0.1, 0.15) is 30.1 Å². The molecule has 1 amide bonds. The van der Waals surface area contributed by atoms with Crippen LogP contribution >= 0.6 is 15.9 Å². The number of ether oxygens (including phenoxy) is 1. The van der Waals surface area contributed by atoms with Crippen LogP contribution in [0, 0.1) is 5.92 Å². The highest BCUT2D eigenvalue weighted by molar-refractivity contribution is 9.10. The van der Waals surface area contributed by atoms with Crippen molar-refractivity contribution >= 4 is 27.8 Å². The molecule has 1 aliphatic rings. The Morgan fingerprint density at radius 2 is 2.15 bits per heavy atom. The summed E-state index contributed by atoms with van der Waals surface area (Å²) in [5.74, 6) is -0.0699. The predicted molar refractivity (Wildman–Crippen MR) is 79.4 cm³/mol. The Morgan fingerprint density at radius 1 is 1.40 bits per heavy atom. The minimum absolute atomic E-state index is 0.114. The van der Waals surface area contributed by atoms with E-state index in [1.54, 1.807) is 23.1 Å². The van der Waals surface area contributed by atoms with E-state index < -0.39 is 5.97 Å². The third-order valence-corrected chi connectivity index (χ3v) is 4.12. The number of nitrogens with zero attached hydrogens (tertiary/aromatic N) is 1. The lowest BCUT2D eigenvalue weighted by molar-refractivity contribution is -0.136. The van der Waals surface area contributed by atoms with Gasteiger partial charge in [-0.1, -0.05) is 19.1 Å². The summed E-state index contributed by atoms with van der Waals surface area (Å²) in [7, 11) is 0. The second kappa shape index (κ2) is 6.88. The second-order valence-electron chi connectivity index (χ2n) is 5.14. The summed E-state index contributed by atoms with van der Waals surface area (Å²) >= 11 is 3.29. The van der Waals surface area contributed by atoms with Crippen molar-refractivity contribution in [2.45, 2.75) is 19.8 Å². The number of benzene rings is 1. The molecule has 1 atom stereocenters. The fourth-order valence-electron chi connectivity index (χ4n) is 2.34. The third kappa shape index (κ3) is 3.82. The summed E-state index contributed by atoms with van der Waals surface area (Å²) in [5.41, 5.74) is 0.437. The molecule has 0 spiro atoms. The maximum absolute atomic E-state index is 12.0. The molecule has 0 bridgehead atoms. The zero-order valence-corrected chi connectivity index (χ0v) is 13.1. The van der Waals surface area contributed by atoms with Crippen LogP contribution in [0.3, 0.4) is 0 Å². The van der Waals surface area contributed by atoms with Crippen LogP contribution in [0.4, 0.5) is 0 Å². The Kier molecular flexibility index (Phi) is 5.17. The van der Waals surface area contributed by atoms with Gasteiger partial charge in [0, 0.05) is 17.6 Å². The zero-order valence-electron chi connectivity index (χ0n) is 11.5. The van der Waals surface area contributed by atoms with Crippen LogP contribution in [0.5, 0.6) is 0 Å². The fourth-order valence-corrected chi connectivity index (χ4v) is 2.79. The molecule has 0 saturated carbocycles. The van der Waals surface area contributed by atoms with Crippen molar-refractivity contribution in [3.05, 3.63) is 34.3 Å². The summed E-state index contributed by atoms with van der Waals surface area (Å²) in [6.45, 7) is 3.46. The van der Waals surface area contributed by atoms with Crippen LogP contribution in [0.2, 0.25) is 0 Å². The minimum Gasteiger partial charge on any atom is -0.452 e. The smallest absolute Gasteiger partial charge is 0.339 e. The number of likely N-dealkylation sites (tertiary alicyclic amines) is 1. The van der Waals surface area contributed by atoms with E-state index >= 15 is 0 Å². The van der Waals surface area contributed by atoms with Gasteiger partial charge in [-0.2, -0.15) is 0 Å². The number of hydrogen-bond acceptors (Lipinski definition) is 3. The molecule has 0 aromatic heterocycles. The van der Waals surface area contributed by atoms with Crippen LogP contribution in [0.15, 0.2) is 28.7 Å². The quantitative estimate of drug-likeness (QED) is 0.795. The van der Waals surface area contributed by atoms with Gasteiger partial charge in [0.1, 0.15) is 0 Å². The highest BCUT2D eigenvalue weighted by Gasteiger charge is 2.22. The molecule has 2 rings (SSSR count). The maximum atomic E-state index is 12.0. The van der Waals surface area contributed by atoms with Gasteiger partial charge < -0.3 is 9.64 Å². The van der Waals surface area contributed by atoms with Crippen LogP contribution in [-0.2, 0) is 9.53 Å². The lowest BCUT2D eigenvalue weighted by Crippen LogP contribution is -2.41. The highest BCUT2D eigenvalue weighted by Crippen LogP contribution is 2.18. The molecule has 1 fully saturated rings. The van der Waals surface area contributed by atoms with E-state index in [1.165, 1.54) is 0 Å². The molecule has 5 heteroatoms. The third-order valence-electron chi connectivity index (χ3n) is 3.43. The molecule has 1 aliphatic heterocycles. The van der Waals surface area contributed by atoms with Crippen molar-refractivity contribution in [3.63, 3.8) is 0 Å². The van der Waals surface area contributed by atoms with E-state index in [0.717, 1.165) is 25.9 Å². The van der Waals surface area contributed by atoms with Crippen molar-refractivity contribution < 1.29 is 14.3 Å². The molecular formula is C15H18BrNO3. The molecule has 4 nitrogen and oxygen atoms in total. The SMILES string of the molecule is CC1CCCN(C(=O)COC(=O)c2ccccc2Br)C1. The van der Waals surface area contributed by atoms with Crippen molar-refractivity contribution in [1.29, 1.82) is 0 Å². The molecule has 1 unspecified atom stereocenters. The van der Waals surface area contributed by atoms with Gasteiger partial charge >= 0.3 is 5.97 Å². The van der Waals surface area contributed by atoms with Crippen LogP contribution in [0.25, 0.3) is 0 Å². The molecule has 0 aliphatic carbocycles. The standard InChI is InChI=1S/C15H18BrNO3/c1-11-5-4-8-17(9-11)14(18)10-20-15(19)12-6-2-3-7-13(12)16/h2-3,6-7,11H,4-5,8-10H2,1H3. The summed E-state index contributed by atoms with van der Waals surface area (Å²) in [4.78, 5) is 25.7. The summed E-state index contributed by atoms with van der Waals surface area (Å²) in [6, 6.07) is 7.02. The summed E-state index contributed by atoms with van der Waals surface area (Å²) in [5, 5.41) is 0. The van der Waals surface area contributed by atoms with Gasteiger partial charge in [-0.25, -0.2) is 4.79 Å². The molecule has 108 valence electrons. The van der Waals surface area contributed by atoms with Gasteiger partial charge in [0.2, 0.25) is 0 Å². The molecule has 1 aromatic rings. The molecular weight excluding hydrogens is 322 g/mol. The Hall–Kier alpha value is -1.36. The van der Waals surface area contributed by atoms with E-state index in [-0.39, 0.29) is 12.5 Å². The first-order valence-electron chi connectivity index (χ1n) is 6.77. The monoisotopic (exact) mass is 339 g/mol. The molecule has 0 radical (unpaired) electrons. The van der Waals surface area contributed by atoms with Crippen molar-refractivity contribution in [2.75, 3.05) is 19.7 Å². The Labute approximate surface area is 127 Å². The molecule has 1 aromatic carbocycles. The Morgan fingerprint density at radius 3 is 2.85 bits per heavy atom. The molecule has 1 heterocycles. The Bertz CT molecular complexity index is 504. The fraction of sp³-hybridized carbons (Fsp3) is 0.467. The van der Waals surface area contributed by atoms with Gasteiger partial charge in [-0.05, 0) is 46.8 Å². The Balaban J connectivity index is 1.87. The van der Waals surface area contributed by atoms with E-state index in [0.29, 0.717) is 16.0 Å². The minimum atomic E-state index is -0.476. The number of piperidine rings is 1.